The summed E-state index contributed by atoms with van der Waals surface area (Å²) in [5, 5.41) is 9.95. The molecule has 0 aliphatic rings. The monoisotopic (exact) mass is 345 g/mol. The van der Waals surface area contributed by atoms with Crippen molar-refractivity contribution in [3.8, 4) is 16.9 Å². The van der Waals surface area contributed by atoms with E-state index in [1.54, 1.807) is 30.1 Å². The van der Waals surface area contributed by atoms with Gasteiger partial charge in [0.15, 0.2) is 0 Å². The fourth-order valence-corrected chi connectivity index (χ4v) is 3.35. The van der Waals surface area contributed by atoms with Gasteiger partial charge in [0, 0.05) is 28.4 Å². The molecule has 2 aromatic rings. The molecule has 1 heterocycles. The number of aromatic nitrogens is 1. The van der Waals surface area contributed by atoms with E-state index in [4.69, 9.17) is 4.74 Å². The highest BCUT2D eigenvalue weighted by Crippen LogP contribution is 2.30. The summed E-state index contributed by atoms with van der Waals surface area (Å²) in [4.78, 5) is 16.7. The van der Waals surface area contributed by atoms with Crippen LogP contribution in [-0.4, -0.2) is 28.9 Å². The van der Waals surface area contributed by atoms with Crippen LogP contribution in [0.1, 0.15) is 26.2 Å². The third-order valence-corrected chi connectivity index (χ3v) is 4.88. The van der Waals surface area contributed by atoms with Gasteiger partial charge < -0.3 is 9.84 Å². The topological polar surface area (TPSA) is 59.4 Å². The lowest BCUT2D eigenvalue weighted by molar-refractivity contribution is -0.145. The van der Waals surface area contributed by atoms with E-state index in [0.29, 0.717) is 0 Å². The maximum absolute atomic E-state index is 11.3. The number of methoxy groups -OCH3 is 1. The molecule has 0 saturated carbocycles. The Labute approximate surface area is 147 Å². The number of aromatic hydroxyl groups is 1. The maximum Gasteiger partial charge on any atom is 0.308 e. The Morgan fingerprint density at radius 1 is 1.29 bits per heavy atom. The molecule has 0 radical (unpaired) electrons. The molecule has 128 valence electrons. The van der Waals surface area contributed by atoms with Crippen molar-refractivity contribution in [3.05, 3.63) is 42.7 Å². The summed E-state index contributed by atoms with van der Waals surface area (Å²) in [5.74, 6) is 1.06. The van der Waals surface area contributed by atoms with Crippen LogP contribution in [-0.2, 0) is 9.53 Å². The quantitative estimate of drug-likeness (QED) is 0.433. The highest BCUT2D eigenvalue weighted by Gasteiger charge is 2.12. The van der Waals surface area contributed by atoms with Crippen LogP contribution in [0.5, 0.6) is 5.75 Å². The van der Waals surface area contributed by atoms with Crippen molar-refractivity contribution in [2.24, 2.45) is 5.92 Å². The van der Waals surface area contributed by atoms with E-state index < -0.39 is 0 Å². The number of thioether (sulfide) groups is 1. The smallest absolute Gasteiger partial charge is 0.308 e. The zero-order valence-corrected chi connectivity index (χ0v) is 14.9. The van der Waals surface area contributed by atoms with Crippen LogP contribution in [0.2, 0.25) is 0 Å². The van der Waals surface area contributed by atoms with Crippen LogP contribution in [0.25, 0.3) is 11.1 Å². The predicted molar refractivity (Wildman–Crippen MR) is 97.1 cm³/mol. The Balaban J connectivity index is 1.83. The van der Waals surface area contributed by atoms with Gasteiger partial charge in [-0.1, -0.05) is 31.5 Å². The van der Waals surface area contributed by atoms with Crippen LogP contribution in [0, 0.1) is 5.92 Å². The molecule has 0 amide bonds. The van der Waals surface area contributed by atoms with Gasteiger partial charge in [-0.15, -0.1) is 11.8 Å². The number of ether oxygens (including phenoxy) is 1. The molecule has 1 N–H and O–H groups in total. The van der Waals surface area contributed by atoms with Crippen molar-refractivity contribution < 1.29 is 14.6 Å². The number of para-hydroxylation sites is 1. The largest absolute Gasteiger partial charge is 0.507 e. The third-order valence-electron chi connectivity index (χ3n) is 3.83. The minimum absolute atomic E-state index is 0.0361. The molecule has 0 fully saturated rings. The van der Waals surface area contributed by atoms with Gasteiger partial charge in [-0.25, -0.2) is 0 Å². The second-order valence-corrected chi connectivity index (χ2v) is 6.86. The van der Waals surface area contributed by atoms with E-state index in [-0.39, 0.29) is 17.6 Å². The van der Waals surface area contributed by atoms with Crippen molar-refractivity contribution >= 4 is 17.7 Å². The molecule has 1 aromatic heterocycles. The highest BCUT2D eigenvalue weighted by atomic mass is 32.2. The average molecular weight is 345 g/mol. The number of phenolic OH excluding ortho intramolecular Hbond substituents is 1. The Kier molecular flexibility index (Phi) is 7.12. The molecular weight excluding hydrogens is 322 g/mol. The molecule has 5 heteroatoms. The van der Waals surface area contributed by atoms with Gasteiger partial charge in [-0.2, -0.15) is 0 Å². The van der Waals surface area contributed by atoms with Gasteiger partial charge in [0.25, 0.3) is 0 Å². The summed E-state index contributed by atoms with van der Waals surface area (Å²) in [5.41, 5.74) is 1.71. The number of pyridine rings is 1. The molecule has 0 spiro atoms. The fourth-order valence-electron chi connectivity index (χ4n) is 2.42. The Morgan fingerprint density at radius 3 is 2.83 bits per heavy atom. The first-order valence-corrected chi connectivity index (χ1v) is 9.04. The summed E-state index contributed by atoms with van der Waals surface area (Å²) in [6.07, 6.45) is 6.48. The molecule has 0 saturated heterocycles. The molecule has 2 rings (SSSR count). The van der Waals surface area contributed by atoms with Gasteiger partial charge in [0.2, 0.25) is 0 Å². The van der Waals surface area contributed by atoms with Gasteiger partial charge in [0.05, 0.1) is 13.0 Å². The first kappa shape index (κ1) is 18.3. The summed E-state index contributed by atoms with van der Waals surface area (Å²) < 4.78 is 4.73. The minimum Gasteiger partial charge on any atom is -0.507 e. The van der Waals surface area contributed by atoms with Gasteiger partial charge in [-0.3, -0.25) is 9.78 Å². The number of rotatable bonds is 8. The van der Waals surface area contributed by atoms with Crippen molar-refractivity contribution in [2.45, 2.75) is 31.1 Å². The van der Waals surface area contributed by atoms with E-state index >= 15 is 0 Å². The molecule has 1 atom stereocenters. The average Bonchev–Trinajstić information content (AvgIpc) is 2.61. The Morgan fingerprint density at radius 2 is 2.08 bits per heavy atom. The number of unbranched alkanes of at least 4 members (excludes halogenated alkanes) is 1. The standard InChI is InChI=1S/C19H23NO3S/c1-14(19(22)23-2)7-5-6-10-24-16-11-15(12-20-13-16)17-8-3-4-9-18(17)21/h3-4,8-9,11-14,21H,5-7,10H2,1-2H3/t14-/m0/s1. The molecule has 0 aliphatic carbocycles. The number of benzene rings is 1. The van der Waals surface area contributed by atoms with Crippen LogP contribution in [0.4, 0.5) is 0 Å². The summed E-state index contributed by atoms with van der Waals surface area (Å²) in [7, 11) is 1.43. The summed E-state index contributed by atoms with van der Waals surface area (Å²) in [6, 6.07) is 9.31. The number of phenols is 1. The van der Waals surface area contributed by atoms with Crippen LogP contribution < -0.4 is 0 Å². The Bertz CT molecular complexity index is 675. The van der Waals surface area contributed by atoms with Gasteiger partial charge in [-0.05, 0) is 30.7 Å². The molecule has 0 bridgehead atoms. The number of hydrogen-bond acceptors (Lipinski definition) is 5. The van der Waals surface area contributed by atoms with Gasteiger partial charge in [0.1, 0.15) is 5.75 Å². The fraction of sp³-hybridized carbons (Fsp3) is 0.368. The zero-order valence-electron chi connectivity index (χ0n) is 14.1. The zero-order chi connectivity index (χ0) is 17.4. The predicted octanol–water partition coefficient (Wildman–Crippen LogP) is 4.53. The van der Waals surface area contributed by atoms with E-state index in [9.17, 15) is 9.90 Å². The normalized spacial score (nSPS) is 11.9. The molecule has 1 aromatic carbocycles. The molecule has 24 heavy (non-hydrogen) atoms. The Hall–Kier alpha value is -2.01. The van der Waals surface area contributed by atoms with Gasteiger partial charge >= 0.3 is 5.97 Å². The van der Waals surface area contributed by atoms with Crippen molar-refractivity contribution in [2.75, 3.05) is 12.9 Å². The maximum atomic E-state index is 11.3. The first-order valence-electron chi connectivity index (χ1n) is 8.06. The molecular formula is C19H23NO3S. The number of nitrogens with zero attached hydrogens (tertiary/aromatic N) is 1. The van der Waals surface area contributed by atoms with Crippen molar-refractivity contribution in [1.29, 1.82) is 0 Å². The van der Waals surface area contributed by atoms with Crippen LogP contribution in [0.15, 0.2) is 47.6 Å². The first-order chi connectivity index (χ1) is 11.6. The summed E-state index contributed by atoms with van der Waals surface area (Å²) in [6.45, 7) is 1.90. The van der Waals surface area contributed by atoms with Crippen molar-refractivity contribution in [1.82, 2.24) is 4.98 Å². The number of esters is 1. The minimum atomic E-state index is -0.137. The molecule has 0 aliphatic heterocycles. The van der Waals surface area contributed by atoms with E-state index in [1.807, 2.05) is 31.3 Å². The van der Waals surface area contributed by atoms with Crippen LogP contribution in [0.3, 0.4) is 0 Å². The van der Waals surface area contributed by atoms with Crippen LogP contribution >= 0.6 is 11.8 Å². The van der Waals surface area contributed by atoms with E-state index in [2.05, 4.69) is 4.98 Å². The molecule has 4 nitrogen and oxygen atoms in total. The van der Waals surface area contributed by atoms with E-state index in [0.717, 1.165) is 41.0 Å². The third kappa shape index (κ3) is 5.27. The SMILES string of the molecule is COC(=O)[C@@H](C)CCCCSc1cncc(-c2ccccc2O)c1. The number of carbonyl (C=O) groups is 1. The second-order valence-electron chi connectivity index (χ2n) is 5.69. The lowest BCUT2D eigenvalue weighted by Gasteiger charge is -2.09. The van der Waals surface area contributed by atoms with E-state index in [1.165, 1.54) is 7.11 Å². The summed E-state index contributed by atoms with van der Waals surface area (Å²) >= 11 is 1.74. The molecule has 0 unspecified atom stereocenters. The number of hydrogen-bond donors (Lipinski definition) is 1. The number of carbonyl (C=O) groups excluding carboxylic acids is 1. The van der Waals surface area contributed by atoms with Crippen molar-refractivity contribution in [3.63, 3.8) is 0 Å². The lowest BCUT2D eigenvalue weighted by Crippen LogP contribution is -2.12. The lowest BCUT2D eigenvalue weighted by atomic mass is 10.1. The second kappa shape index (κ2) is 9.33. The highest BCUT2D eigenvalue weighted by molar-refractivity contribution is 7.99.